The number of likely N-dealkylation sites (tertiary alicyclic amines) is 2. The molecule has 0 N–H and O–H groups in total. The molecule has 3 aromatic rings. The highest BCUT2D eigenvalue weighted by Gasteiger charge is 2.52. The summed E-state index contributed by atoms with van der Waals surface area (Å²) in [5.74, 6) is -0.621. The molecule has 7 rings (SSSR count). The van der Waals surface area contributed by atoms with Crippen molar-refractivity contribution in [1.29, 1.82) is 0 Å². The first-order valence-electron chi connectivity index (χ1n) is 16.7. The number of ether oxygens (including phenoxy) is 1. The van der Waals surface area contributed by atoms with Gasteiger partial charge in [-0.2, -0.15) is 5.10 Å². The number of fused-ring (bicyclic) bond motifs is 2. The van der Waals surface area contributed by atoms with Gasteiger partial charge >= 0.3 is 0 Å². The summed E-state index contributed by atoms with van der Waals surface area (Å²) in [5.41, 5.74) is 3.76. The van der Waals surface area contributed by atoms with Crippen molar-refractivity contribution in [2.45, 2.75) is 81.6 Å². The predicted molar refractivity (Wildman–Crippen MR) is 173 cm³/mol. The summed E-state index contributed by atoms with van der Waals surface area (Å²) in [7, 11) is 1.95. The molecule has 1 spiro atoms. The summed E-state index contributed by atoms with van der Waals surface area (Å²) in [6, 6.07) is 8.53. The normalized spacial score (nSPS) is 25.4. The largest absolute Gasteiger partial charge is 0.381 e. The third-order valence-electron chi connectivity index (χ3n) is 11.8. The Morgan fingerprint density at radius 2 is 1.80 bits per heavy atom. The Labute approximate surface area is 275 Å². The molecule has 0 saturated carbocycles. The summed E-state index contributed by atoms with van der Waals surface area (Å²) in [6.07, 6.45) is 6.05. The van der Waals surface area contributed by atoms with Gasteiger partial charge in [0.2, 0.25) is 5.91 Å². The Morgan fingerprint density at radius 3 is 2.48 bits per heavy atom. The summed E-state index contributed by atoms with van der Waals surface area (Å²) in [4.78, 5) is 23.4. The van der Waals surface area contributed by atoms with Crippen LogP contribution in [0.2, 0.25) is 5.02 Å². The second kappa shape index (κ2) is 12.0. The second-order valence-electron chi connectivity index (χ2n) is 14.7. The van der Waals surface area contributed by atoms with E-state index in [1.165, 1.54) is 23.3 Å². The summed E-state index contributed by atoms with van der Waals surface area (Å²) < 4.78 is 36.5. The number of carbonyl (C=O) groups excluding carboxylic acids is 1. The summed E-state index contributed by atoms with van der Waals surface area (Å²) >= 11 is 6.76. The number of aryl methyl sites for hydroxylation is 2. The highest BCUT2D eigenvalue weighted by Crippen LogP contribution is 2.58. The number of halogens is 3. The van der Waals surface area contributed by atoms with Crippen molar-refractivity contribution in [3.63, 3.8) is 0 Å². The van der Waals surface area contributed by atoms with Crippen molar-refractivity contribution in [3.05, 3.63) is 81.4 Å². The van der Waals surface area contributed by atoms with E-state index in [0.717, 1.165) is 54.6 Å². The zero-order chi connectivity index (χ0) is 32.4. The Hall–Kier alpha value is -2.88. The minimum absolute atomic E-state index is 0.0780. The van der Waals surface area contributed by atoms with Crippen molar-refractivity contribution in [1.82, 2.24) is 24.6 Å². The van der Waals surface area contributed by atoms with E-state index in [1.54, 1.807) is 6.33 Å². The van der Waals surface area contributed by atoms with E-state index in [-0.39, 0.29) is 34.5 Å². The monoisotopic (exact) mass is 651 g/mol. The lowest BCUT2D eigenvalue weighted by molar-refractivity contribution is -0.137. The first kappa shape index (κ1) is 31.7. The van der Waals surface area contributed by atoms with Crippen LogP contribution in [0, 0.1) is 24.5 Å². The molecule has 3 aliphatic heterocycles. The summed E-state index contributed by atoms with van der Waals surface area (Å²) in [5, 5.41) is 5.15. The van der Waals surface area contributed by atoms with Crippen molar-refractivity contribution in [3.8, 4) is 0 Å². The van der Waals surface area contributed by atoms with E-state index in [2.05, 4.69) is 47.9 Å². The molecule has 1 amide bonds. The lowest BCUT2D eigenvalue weighted by Gasteiger charge is -2.42. The van der Waals surface area contributed by atoms with Crippen LogP contribution >= 0.6 is 11.6 Å². The molecule has 0 radical (unpaired) electrons. The standard InChI is InChI=1S/C36H44ClF2N5O2/c1-22-15-26-29(17-31(22)37)36(18-30(26)35(2,3)34-40-21-41-42(34)4)9-11-43(12-10-36)33(45)28-20-44(24-7-13-46-14-8-24)19-27(28)25-6-5-23(38)16-32(25)39/h5-6,15-17,21,24,27-28,30H,7-14,18-20H2,1-4H3/t27-,28?,30-/m0/s1. The highest BCUT2D eigenvalue weighted by molar-refractivity contribution is 6.31. The van der Waals surface area contributed by atoms with Gasteiger partial charge in [0.15, 0.2) is 0 Å². The van der Waals surface area contributed by atoms with Crippen molar-refractivity contribution < 1.29 is 18.3 Å². The lowest BCUT2D eigenvalue weighted by Crippen LogP contribution is -2.48. The van der Waals surface area contributed by atoms with E-state index in [0.29, 0.717) is 51.0 Å². The molecule has 4 aliphatic rings. The number of benzene rings is 2. The van der Waals surface area contributed by atoms with Crippen LogP contribution < -0.4 is 0 Å². The van der Waals surface area contributed by atoms with Crippen LogP contribution in [0.25, 0.3) is 0 Å². The molecule has 3 atom stereocenters. The number of aromatic nitrogens is 3. The predicted octanol–water partition coefficient (Wildman–Crippen LogP) is 6.28. The number of amides is 1. The van der Waals surface area contributed by atoms with Gasteiger partial charge in [-0.05, 0) is 84.7 Å². The molecule has 10 heteroatoms. The number of hydrogen-bond acceptors (Lipinski definition) is 5. The number of carbonyl (C=O) groups is 1. The number of nitrogens with zero attached hydrogens (tertiary/aromatic N) is 5. The van der Waals surface area contributed by atoms with E-state index >= 15 is 4.39 Å². The molecule has 246 valence electrons. The van der Waals surface area contributed by atoms with Crippen LogP contribution in [-0.2, 0) is 27.4 Å². The lowest BCUT2D eigenvalue weighted by atomic mass is 9.69. The molecule has 3 saturated heterocycles. The quantitative estimate of drug-likeness (QED) is 0.325. The Morgan fingerprint density at radius 1 is 1.07 bits per heavy atom. The fourth-order valence-corrected chi connectivity index (χ4v) is 9.32. The van der Waals surface area contributed by atoms with Gasteiger partial charge in [-0.25, -0.2) is 13.8 Å². The fraction of sp³-hybridized carbons (Fsp3) is 0.583. The van der Waals surface area contributed by atoms with Crippen LogP contribution in [0.5, 0.6) is 0 Å². The molecular formula is C36H44ClF2N5O2. The third-order valence-corrected chi connectivity index (χ3v) is 12.2. The zero-order valence-electron chi connectivity index (χ0n) is 27.2. The van der Waals surface area contributed by atoms with E-state index < -0.39 is 11.6 Å². The Bertz CT molecular complexity index is 1630. The summed E-state index contributed by atoms with van der Waals surface area (Å²) in [6.45, 7) is 10.4. The molecule has 7 nitrogen and oxygen atoms in total. The number of piperidine rings is 1. The van der Waals surface area contributed by atoms with E-state index in [4.69, 9.17) is 16.3 Å². The first-order chi connectivity index (χ1) is 22.0. The van der Waals surface area contributed by atoms with Crippen molar-refractivity contribution >= 4 is 17.5 Å². The van der Waals surface area contributed by atoms with Crippen LogP contribution in [-0.4, -0.2) is 75.9 Å². The number of hydrogen-bond donors (Lipinski definition) is 0. The smallest absolute Gasteiger partial charge is 0.227 e. The maximum Gasteiger partial charge on any atom is 0.227 e. The van der Waals surface area contributed by atoms with Crippen LogP contribution in [0.4, 0.5) is 8.78 Å². The third kappa shape index (κ3) is 5.36. The van der Waals surface area contributed by atoms with Crippen molar-refractivity contribution in [2.75, 3.05) is 39.4 Å². The highest BCUT2D eigenvalue weighted by atomic mass is 35.5. The van der Waals surface area contributed by atoms with Gasteiger partial charge in [-0.1, -0.05) is 37.6 Å². The van der Waals surface area contributed by atoms with E-state index in [1.807, 2.05) is 16.6 Å². The van der Waals surface area contributed by atoms with Gasteiger partial charge in [0.25, 0.3) is 0 Å². The SMILES string of the molecule is Cc1cc2c(cc1Cl)C1(CCN(C(=O)C3CN(C4CCOCC4)C[C@H]3c3ccc(F)cc3F)CC1)C[C@@H]2C(C)(C)c1ncnn1C. The van der Waals surface area contributed by atoms with Gasteiger partial charge in [0, 0.05) is 74.9 Å². The van der Waals surface area contributed by atoms with Gasteiger partial charge in [-0.15, -0.1) is 0 Å². The molecule has 2 aromatic carbocycles. The first-order valence-corrected chi connectivity index (χ1v) is 17.1. The molecule has 1 aliphatic carbocycles. The van der Waals surface area contributed by atoms with Gasteiger partial charge < -0.3 is 9.64 Å². The minimum Gasteiger partial charge on any atom is -0.381 e. The van der Waals surface area contributed by atoms with Crippen LogP contribution in [0.3, 0.4) is 0 Å². The van der Waals surface area contributed by atoms with Gasteiger partial charge in [0.05, 0.1) is 5.92 Å². The number of rotatable bonds is 5. The Kier molecular flexibility index (Phi) is 8.25. The van der Waals surface area contributed by atoms with Crippen LogP contribution in [0.15, 0.2) is 36.7 Å². The topological polar surface area (TPSA) is 63.5 Å². The molecule has 1 aromatic heterocycles. The molecule has 0 bridgehead atoms. The molecule has 3 fully saturated rings. The molecule has 46 heavy (non-hydrogen) atoms. The molecule has 1 unspecified atom stereocenters. The van der Waals surface area contributed by atoms with Crippen LogP contribution in [0.1, 0.15) is 85.9 Å². The minimum atomic E-state index is -0.600. The Balaban J connectivity index is 1.15. The zero-order valence-corrected chi connectivity index (χ0v) is 28.0. The maximum absolute atomic E-state index is 15.2. The fourth-order valence-electron chi connectivity index (χ4n) is 9.15. The van der Waals surface area contributed by atoms with Gasteiger partial charge in [0.1, 0.15) is 23.8 Å². The second-order valence-corrected chi connectivity index (χ2v) is 15.1. The molecular weight excluding hydrogens is 608 g/mol. The average molecular weight is 652 g/mol. The molecule has 4 heterocycles. The van der Waals surface area contributed by atoms with Gasteiger partial charge in [-0.3, -0.25) is 14.4 Å². The maximum atomic E-state index is 15.2. The average Bonchev–Trinajstić information content (AvgIpc) is 3.75. The van der Waals surface area contributed by atoms with Crippen molar-refractivity contribution in [2.24, 2.45) is 13.0 Å². The van der Waals surface area contributed by atoms with E-state index in [9.17, 15) is 9.18 Å².